The first-order chi connectivity index (χ1) is 26.2. The van der Waals surface area contributed by atoms with Crippen molar-refractivity contribution in [3.05, 3.63) is 58.2 Å². The summed E-state index contributed by atoms with van der Waals surface area (Å²) < 4.78 is 14.3. The molecule has 3 amide bonds. The molecule has 4 aromatic rings. The number of benzene rings is 1. The first-order valence-electron chi connectivity index (χ1n) is 19.1. The third-order valence-electron chi connectivity index (χ3n) is 11.3. The second-order valence-corrected chi connectivity index (χ2v) is 17.1. The summed E-state index contributed by atoms with van der Waals surface area (Å²) in [5, 5.41) is 8.13. The zero-order valence-electron chi connectivity index (χ0n) is 32.7. The standard InChI is InChI=1S/C41H51N7O6S/c1-8-47-32-13-12-25-17-28(32)29(36(47)27-11-9-15-42-35(27)24(2)53-7)20-40(3,4)23-54-39(52)41(5)14-10-16-48(45-41)38(51)30(19-33-43-31(25)22-55-33)44-37(50)26-18-34(49)46(6)21-26/h9,11-13,15,17,22,24,26,30,45H,8,10,14,16,18-21,23H2,1-7H3,(H,44,50)/t24-,26?,30-,41+/m0/s1. The molecule has 3 aromatic heterocycles. The van der Waals surface area contributed by atoms with E-state index in [2.05, 4.69) is 60.3 Å². The molecule has 14 heteroatoms. The molecule has 3 aliphatic heterocycles. The number of methoxy groups -OCH3 is 1. The maximum Gasteiger partial charge on any atom is 0.327 e. The van der Waals surface area contributed by atoms with E-state index in [1.54, 1.807) is 27.3 Å². The molecule has 6 bridgehead atoms. The normalized spacial score (nSPS) is 23.8. The summed E-state index contributed by atoms with van der Waals surface area (Å²) >= 11 is 1.43. The monoisotopic (exact) mass is 769 g/mol. The maximum atomic E-state index is 14.3. The lowest BCUT2D eigenvalue weighted by Gasteiger charge is -2.41. The van der Waals surface area contributed by atoms with Crippen LogP contribution in [-0.4, -0.2) is 93.6 Å². The quantitative estimate of drug-likeness (QED) is 0.257. The van der Waals surface area contributed by atoms with Gasteiger partial charge in [0, 0.05) is 85.7 Å². The average Bonchev–Trinajstić information content (AvgIpc) is 3.87. The van der Waals surface area contributed by atoms with Crippen LogP contribution >= 0.6 is 11.3 Å². The Morgan fingerprint density at radius 3 is 2.71 bits per heavy atom. The second kappa shape index (κ2) is 15.1. The number of hydrogen-bond acceptors (Lipinski definition) is 10. The van der Waals surface area contributed by atoms with Crippen molar-refractivity contribution in [2.75, 3.05) is 33.9 Å². The summed E-state index contributed by atoms with van der Waals surface area (Å²) in [4.78, 5) is 65.4. The van der Waals surface area contributed by atoms with Gasteiger partial charge in [0.25, 0.3) is 5.91 Å². The van der Waals surface area contributed by atoms with Crippen molar-refractivity contribution in [1.82, 2.24) is 35.2 Å². The molecule has 2 fully saturated rings. The lowest BCUT2D eigenvalue weighted by molar-refractivity contribution is -0.162. The molecule has 2 N–H and O–H groups in total. The van der Waals surface area contributed by atoms with Gasteiger partial charge in [-0.15, -0.1) is 11.3 Å². The fourth-order valence-corrected chi connectivity index (χ4v) is 8.99. The number of rotatable bonds is 6. The third kappa shape index (κ3) is 7.51. The van der Waals surface area contributed by atoms with E-state index >= 15 is 0 Å². The number of likely N-dealkylation sites (tertiary alicyclic amines) is 1. The molecule has 3 aliphatic rings. The first-order valence-corrected chi connectivity index (χ1v) is 20.0. The Hall–Kier alpha value is -4.66. The number of thiazole rings is 1. The van der Waals surface area contributed by atoms with E-state index in [1.165, 1.54) is 21.2 Å². The molecule has 292 valence electrons. The number of ether oxygens (including phenoxy) is 2. The van der Waals surface area contributed by atoms with E-state index < -0.39 is 28.9 Å². The molecule has 6 heterocycles. The highest BCUT2D eigenvalue weighted by molar-refractivity contribution is 7.10. The minimum Gasteiger partial charge on any atom is -0.464 e. The Balaban J connectivity index is 1.35. The molecule has 7 rings (SSSR count). The predicted molar refractivity (Wildman–Crippen MR) is 210 cm³/mol. The number of hydrogen-bond donors (Lipinski definition) is 2. The minimum absolute atomic E-state index is 0.0896. The van der Waals surface area contributed by atoms with Crippen molar-refractivity contribution in [3.8, 4) is 22.5 Å². The van der Waals surface area contributed by atoms with Crippen LogP contribution in [0.15, 0.2) is 41.9 Å². The molecular weight excluding hydrogens is 719 g/mol. The number of carbonyl (C=O) groups excluding carboxylic acids is 4. The number of amides is 3. The number of nitrogens with zero attached hydrogens (tertiary/aromatic N) is 5. The fraction of sp³-hybridized carbons (Fsp3) is 0.512. The van der Waals surface area contributed by atoms with Gasteiger partial charge in [-0.05, 0) is 69.9 Å². The van der Waals surface area contributed by atoms with E-state index in [1.807, 2.05) is 18.4 Å². The van der Waals surface area contributed by atoms with Crippen molar-refractivity contribution in [2.24, 2.45) is 11.3 Å². The van der Waals surface area contributed by atoms with Crippen molar-refractivity contribution in [3.63, 3.8) is 0 Å². The number of aromatic nitrogens is 3. The van der Waals surface area contributed by atoms with Crippen LogP contribution in [0, 0.1) is 11.3 Å². The van der Waals surface area contributed by atoms with E-state index in [0.717, 1.165) is 44.7 Å². The molecule has 1 aromatic carbocycles. The summed E-state index contributed by atoms with van der Waals surface area (Å²) in [6.07, 6.45) is 3.41. The van der Waals surface area contributed by atoms with Crippen molar-refractivity contribution in [1.29, 1.82) is 0 Å². The molecule has 1 unspecified atom stereocenters. The highest BCUT2D eigenvalue weighted by Gasteiger charge is 2.43. The van der Waals surface area contributed by atoms with Crippen molar-refractivity contribution in [2.45, 2.75) is 91.0 Å². The van der Waals surface area contributed by atoms with Gasteiger partial charge in [0.05, 0.1) is 40.7 Å². The smallest absolute Gasteiger partial charge is 0.327 e. The number of nitrogens with one attached hydrogen (secondary N) is 2. The molecule has 2 saturated heterocycles. The fourth-order valence-electron chi connectivity index (χ4n) is 8.14. The first kappa shape index (κ1) is 38.6. The van der Waals surface area contributed by atoms with E-state index in [0.29, 0.717) is 37.4 Å². The van der Waals surface area contributed by atoms with E-state index in [4.69, 9.17) is 19.4 Å². The van der Waals surface area contributed by atoms with Crippen LogP contribution in [0.25, 0.3) is 33.4 Å². The molecule has 13 nitrogen and oxygen atoms in total. The SMILES string of the molecule is CCn1c(-c2cccnc2[C@H](C)OC)c2c3cc(ccc31)-c1csc(n1)C[C@H](NC(=O)C1CC(=O)N(C)C1)C(=O)N1CCC[C@@](C)(N1)C(=O)OCC(C)(C)C2. The summed E-state index contributed by atoms with van der Waals surface area (Å²) in [5.41, 5.74) is 8.29. The van der Waals surface area contributed by atoms with Crippen molar-refractivity contribution < 1.29 is 28.7 Å². The van der Waals surface area contributed by atoms with E-state index in [9.17, 15) is 19.2 Å². The Kier molecular flexibility index (Phi) is 10.6. The maximum absolute atomic E-state index is 14.3. The molecule has 0 spiro atoms. The molecular formula is C41H51N7O6S. The van der Waals surface area contributed by atoms with E-state index in [-0.39, 0.29) is 49.8 Å². The summed E-state index contributed by atoms with van der Waals surface area (Å²) in [6, 6.07) is 9.46. The number of aryl methyl sites for hydroxylation is 1. The lowest BCUT2D eigenvalue weighted by atomic mass is 9.84. The van der Waals surface area contributed by atoms with Gasteiger partial charge in [-0.3, -0.25) is 24.4 Å². The molecule has 0 radical (unpaired) electrons. The number of fused-ring (bicyclic) bond motifs is 6. The zero-order chi connectivity index (χ0) is 39.2. The Morgan fingerprint density at radius 1 is 1.18 bits per heavy atom. The average molecular weight is 770 g/mol. The van der Waals surface area contributed by atoms with Crippen LogP contribution in [0.1, 0.15) is 76.3 Å². The number of esters is 1. The van der Waals surface area contributed by atoms with Crippen LogP contribution in [0.5, 0.6) is 0 Å². The second-order valence-electron chi connectivity index (χ2n) is 16.1. The number of pyridine rings is 1. The van der Waals surface area contributed by atoms with Crippen LogP contribution < -0.4 is 10.7 Å². The van der Waals surface area contributed by atoms with Gasteiger partial charge >= 0.3 is 5.97 Å². The molecule has 55 heavy (non-hydrogen) atoms. The summed E-state index contributed by atoms with van der Waals surface area (Å²) in [7, 11) is 3.36. The Bertz CT molecular complexity index is 2140. The van der Waals surface area contributed by atoms with Gasteiger partial charge in [0.15, 0.2) is 0 Å². The topological polar surface area (TPSA) is 148 Å². The highest BCUT2D eigenvalue weighted by atomic mass is 32.1. The Morgan fingerprint density at radius 2 is 1.98 bits per heavy atom. The lowest BCUT2D eigenvalue weighted by Crippen LogP contribution is -2.65. The molecule has 0 saturated carbocycles. The van der Waals surface area contributed by atoms with Gasteiger partial charge in [-0.25, -0.2) is 15.2 Å². The number of cyclic esters (lactones) is 1. The minimum atomic E-state index is -1.17. The van der Waals surface area contributed by atoms with Gasteiger partial charge in [0.2, 0.25) is 11.8 Å². The number of hydrazine groups is 1. The Labute approximate surface area is 325 Å². The predicted octanol–water partition coefficient (Wildman–Crippen LogP) is 5.07. The highest BCUT2D eigenvalue weighted by Crippen LogP contribution is 2.42. The van der Waals surface area contributed by atoms with Gasteiger partial charge < -0.3 is 24.3 Å². The van der Waals surface area contributed by atoms with Crippen LogP contribution in [0.4, 0.5) is 0 Å². The van der Waals surface area contributed by atoms with Gasteiger partial charge in [-0.1, -0.05) is 19.9 Å². The number of carbonyl (C=O) groups is 4. The van der Waals surface area contributed by atoms with Crippen LogP contribution in [0.3, 0.4) is 0 Å². The van der Waals surface area contributed by atoms with Crippen LogP contribution in [0.2, 0.25) is 0 Å². The van der Waals surface area contributed by atoms with Crippen molar-refractivity contribution >= 4 is 45.9 Å². The zero-order valence-corrected chi connectivity index (χ0v) is 33.5. The van der Waals surface area contributed by atoms with Gasteiger partial charge in [-0.2, -0.15) is 0 Å². The molecule has 0 aliphatic carbocycles. The summed E-state index contributed by atoms with van der Waals surface area (Å²) in [5.74, 6) is -1.85. The largest absolute Gasteiger partial charge is 0.464 e. The van der Waals surface area contributed by atoms with Gasteiger partial charge in [0.1, 0.15) is 11.6 Å². The van der Waals surface area contributed by atoms with Crippen LogP contribution in [-0.2, 0) is 48.0 Å². The molecule has 4 atom stereocenters. The summed E-state index contributed by atoms with van der Waals surface area (Å²) in [6.45, 7) is 11.6. The third-order valence-corrected chi connectivity index (χ3v) is 12.1.